The molecule has 0 unspecified atom stereocenters. The average Bonchev–Trinajstić information content (AvgIpc) is 3.23. The van der Waals surface area contributed by atoms with Gasteiger partial charge in [0.25, 0.3) is 0 Å². The Morgan fingerprint density at radius 3 is 1.75 bits per heavy atom. The molecule has 1 heterocycles. The monoisotopic (exact) mass is 500 g/mol. The molecule has 10 N–H and O–H groups in total. The minimum Gasteiger partial charge on any atom is -0.480 e. The first kappa shape index (κ1) is 30.3. The van der Waals surface area contributed by atoms with Crippen molar-refractivity contribution in [3.05, 3.63) is 71.9 Å². The largest absolute Gasteiger partial charge is 0.480 e. The number of carboxylic acids is 3. The summed E-state index contributed by atoms with van der Waals surface area (Å²) in [5.41, 5.74) is 19.0. The maximum absolute atomic E-state index is 10.6. The van der Waals surface area contributed by atoms with Gasteiger partial charge >= 0.3 is 17.9 Å². The van der Waals surface area contributed by atoms with Gasteiger partial charge in [0.15, 0.2) is 0 Å². The highest BCUT2D eigenvalue weighted by Crippen LogP contribution is 2.18. The van der Waals surface area contributed by atoms with Crippen molar-refractivity contribution in [1.82, 2.24) is 4.98 Å². The number of aromatic amines is 1. The van der Waals surface area contributed by atoms with Gasteiger partial charge in [-0.05, 0) is 36.0 Å². The molecule has 3 atom stereocenters. The smallest absolute Gasteiger partial charge is 0.320 e. The first-order chi connectivity index (χ1) is 16.9. The molecule has 1 aromatic heterocycles. The summed E-state index contributed by atoms with van der Waals surface area (Å²) in [6.07, 6.45) is 3.10. The number of nitrogens with one attached hydrogen (secondary N) is 1. The van der Waals surface area contributed by atoms with Crippen LogP contribution in [0.5, 0.6) is 0 Å². The van der Waals surface area contributed by atoms with Crippen LogP contribution in [0.1, 0.15) is 31.4 Å². The summed E-state index contributed by atoms with van der Waals surface area (Å²) in [5, 5.41) is 26.6. The van der Waals surface area contributed by atoms with E-state index in [1.54, 1.807) is 0 Å². The van der Waals surface area contributed by atoms with Crippen molar-refractivity contribution in [3.63, 3.8) is 0 Å². The number of rotatable bonds is 9. The quantitative estimate of drug-likeness (QED) is 0.229. The van der Waals surface area contributed by atoms with E-state index in [4.69, 9.17) is 32.5 Å². The lowest BCUT2D eigenvalue weighted by Gasteiger charge is -2.07. The van der Waals surface area contributed by atoms with Crippen LogP contribution in [0, 0.1) is 5.92 Å². The van der Waals surface area contributed by atoms with Crippen LogP contribution in [-0.4, -0.2) is 56.3 Å². The maximum atomic E-state index is 10.6. The number of benzene rings is 2. The molecule has 0 saturated heterocycles. The van der Waals surface area contributed by atoms with Gasteiger partial charge in [0.05, 0.1) is 0 Å². The third kappa shape index (κ3) is 11.1. The van der Waals surface area contributed by atoms with Crippen molar-refractivity contribution in [3.8, 4) is 0 Å². The molecule has 2 aromatic carbocycles. The standard InChI is InChI=1S/C11H12N2O2.C9H11NO2.C6H13NO2/c12-9(11(14)15)5-7-6-13-10-4-2-1-3-8(7)10;10-8(9(11)12)6-7-4-2-1-3-5-7;1-4(2)3-5(7)6(8)9/h1-4,6,9,13H,5,12H2,(H,14,15);1-5,8H,6,10H2,(H,11,12);4-5H,3,7H2,1-2H3,(H,8,9)/t9-;8-;5-/m000/s1. The van der Waals surface area contributed by atoms with E-state index in [2.05, 4.69) is 4.98 Å². The molecular weight excluding hydrogens is 464 g/mol. The number of H-pyrrole nitrogens is 1. The zero-order valence-corrected chi connectivity index (χ0v) is 20.5. The predicted molar refractivity (Wildman–Crippen MR) is 138 cm³/mol. The number of carbonyl (C=O) groups is 3. The topological polar surface area (TPSA) is 206 Å². The van der Waals surface area contributed by atoms with Crippen LogP contribution in [0.4, 0.5) is 0 Å². The predicted octanol–water partition coefficient (Wildman–Crippen LogP) is 2.21. The SMILES string of the molecule is CC(C)C[C@H](N)C(=O)O.N[C@@H](Cc1c[nH]c2ccccc12)C(=O)O.N[C@@H](Cc1ccccc1)C(=O)O. The molecule has 0 aliphatic heterocycles. The van der Waals surface area contributed by atoms with Crippen molar-refractivity contribution in [1.29, 1.82) is 0 Å². The number of para-hydroxylation sites is 1. The van der Waals surface area contributed by atoms with Gasteiger partial charge in [0.2, 0.25) is 0 Å². The fourth-order valence-corrected chi connectivity index (χ4v) is 3.19. The summed E-state index contributed by atoms with van der Waals surface area (Å²) in [5.74, 6) is -2.49. The fraction of sp³-hybridized carbons (Fsp3) is 0.346. The Balaban J connectivity index is 0.000000280. The van der Waals surface area contributed by atoms with Crippen LogP contribution in [0.15, 0.2) is 60.8 Å². The highest BCUT2D eigenvalue weighted by atomic mass is 16.4. The van der Waals surface area contributed by atoms with E-state index in [9.17, 15) is 14.4 Å². The fourth-order valence-electron chi connectivity index (χ4n) is 3.19. The van der Waals surface area contributed by atoms with E-state index in [-0.39, 0.29) is 0 Å². The Kier molecular flexibility index (Phi) is 12.9. The van der Waals surface area contributed by atoms with Crippen molar-refractivity contribution in [2.45, 2.75) is 51.2 Å². The van der Waals surface area contributed by atoms with E-state index in [1.807, 2.05) is 74.6 Å². The second-order valence-corrected chi connectivity index (χ2v) is 8.72. The molecule has 0 saturated carbocycles. The molecule has 3 rings (SSSR count). The molecule has 3 aromatic rings. The number of fused-ring (bicyclic) bond motifs is 1. The summed E-state index contributed by atoms with van der Waals surface area (Å²) in [6, 6.07) is 14.8. The van der Waals surface area contributed by atoms with Crippen LogP contribution in [0.3, 0.4) is 0 Å². The molecule has 0 bridgehead atoms. The summed E-state index contributed by atoms with van der Waals surface area (Å²) in [7, 11) is 0. The second kappa shape index (κ2) is 15.3. The summed E-state index contributed by atoms with van der Waals surface area (Å²) < 4.78 is 0. The molecule has 36 heavy (non-hydrogen) atoms. The van der Waals surface area contributed by atoms with Crippen LogP contribution in [0.25, 0.3) is 10.9 Å². The lowest BCUT2D eigenvalue weighted by Crippen LogP contribution is -2.32. The molecule has 10 nitrogen and oxygen atoms in total. The van der Waals surface area contributed by atoms with Crippen LogP contribution in [0.2, 0.25) is 0 Å². The van der Waals surface area contributed by atoms with Gasteiger partial charge in [0, 0.05) is 23.5 Å². The normalized spacial score (nSPS) is 12.9. The maximum Gasteiger partial charge on any atom is 0.320 e. The summed E-state index contributed by atoms with van der Waals surface area (Å²) in [4.78, 5) is 34.2. The average molecular weight is 501 g/mol. The van der Waals surface area contributed by atoms with Crippen molar-refractivity contribution < 1.29 is 29.7 Å². The van der Waals surface area contributed by atoms with Gasteiger partial charge in [-0.2, -0.15) is 0 Å². The summed E-state index contributed by atoms with van der Waals surface area (Å²) >= 11 is 0. The Morgan fingerprint density at radius 2 is 1.25 bits per heavy atom. The van der Waals surface area contributed by atoms with Gasteiger partial charge in [0.1, 0.15) is 18.1 Å². The second-order valence-electron chi connectivity index (χ2n) is 8.72. The van der Waals surface area contributed by atoms with Crippen molar-refractivity contribution in [2.24, 2.45) is 23.1 Å². The van der Waals surface area contributed by atoms with Crippen LogP contribution in [-0.2, 0) is 27.2 Å². The molecule has 10 heteroatoms. The van der Waals surface area contributed by atoms with Gasteiger partial charge in [-0.25, -0.2) is 0 Å². The molecule has 0 fully saturated rings. The molecule has 0 spiro atoms. The lowest BCUT2D eigenvalue weighted by atomic mass is 10.1. The third-order valence-corrected chi connectivity index (χ3v) is 5.09. The van der Waals surface area contributed by atoms with E-state index in [0.29, 0.717) is 25.2 Å². The number of hydrogen-bond acceptors (Lipinski definition) is 6. The molecule has 196 valence electrons. The first-order valence-electron chi connectivity index (χ1n) is 11.5. The van der Waals surface area contributed by atoms with E-state index < -0.39 is 36.0 Å². The van der Waals surface area contributed by atoms with Crippen LogP contribution >= 0.6 is 0 Å². The van der Waals surface area contributed by atoms with Gasteiger partial charge in [-0.1, -0.05) is 62.4 Å². The minimum atomic E-state index is -0.972. The number of nitrogens with two attached hydrogens (primary N) is 3. The van der Waals surface area contributed by atoms with Gasteiger partial charge in [-0.15, -0.1) is 0 Å². The molecule has 0 amide bonds. The van der Waals surface area contributed by atoms with Gasteiger partial charge < -0.3 is 37.5 Å². The molecular formula is C26H36N4O6. The Labute approximate surface area is 210 Å². The van der Waals surface area contributed by atoms with Crippen molar-refractivity contribution >= 4 is 28.8 Å². The third-order valence-electron chi connectivity index (χ3n) is 5.09. The van der Waals surface area contributed by atoms with Crippen molar-refractivity contribution in [2.75, 3.05) is 0 Å². The number of hydrogen-bond donors (Lipinski definition) is 7. The lowest BCUT2D eigenvalue weighted by molar-refractivity contribution is -0.139. The number of aromatic nitrogens is 1. The number of aliphatic carboxylic acids is 3. The number of carboxylic acid groups (broad SMARTS) is 3. The van der Waals surface area contributed by atoms with Gasteiger partial charge in [-0.3, -0.25) is 14.4 Å². The Morgan fingerprint density at radius 1 is 0.750 bits per heavy atom. The minimum absolute atomic E-state index is 0.347. The van der Waals surface area contributed by atoms with E-state index in [0.717, 1.165) is 22.0 Å². The molecule has 0 aliphatic carbocycles. The zero-order chi connectivity index (χ0) is 27.3. The zero-order valence-electron chi connectivity index (χ0n) is 20.5. The Bertz CT molecular complexity index is 1100. The molecule has 0 aliphatic rings. The van der Waals surface area contributed by atoms with Crippen LogP contribution < -0.4 is 17.2 Å². The van der Waals surface area contributed by atoms with E-state index >= 15 is 0 Å². The highest BCUT2D eigenvalue weighted by molar-refractivity contribution is 5.84. The highest BCUT2D eigenvalue weighted by Gasteiger charge is 2.14. The Hall–Kier alpha value is -3.73. The first-order valence-corrected chi connectivity index (χ1v) is 11.5. The van der Waals surface area contributed by atoms with E-state index in [1.165, 1.54) is 0 Å². The molecule has 0 radical (unpaired) electrons. The summed E-state index contributed by atoms with van der Waals surface area (Å²) in [6.45, 7) is 3.89.